The lowest BCUT2D eigenvalue weighted by Crippen LogP contribution is -2.44. The Labute approximate surface area is 213 Å². The van der Waals surface area contributed by atoms with E-state index >= 15 is 0 Å². The van der Waals surface area contributed by atoms with E-state index in [-0.39, 0.29) is 23.2 Å². The van der Waals surface area contributed by atoms with Gasteiger partial charge < -0.3 is 24.4 Å². The van der Waals surface area contributed by atoms with Gasteiger partial charge in [-0.3, -0.25) is 0 Å². The van der Waals surface area contributed by atoms with Gasteiger partial charge in [-0.25, -0.2) is 4.79 Å². The number of hydrogen-bond acceptors (Lipinski definition) is 6. The van der Waals surface area contributed by atoms with Crippen molar-refractivity contribution in [2.45, 2.75) is 103 Å². The molecule has 0 aromatic heterocycles. The Morgan fingerprint density at radius 2 is 1.77 bits per heavy atom. The molecular weight excluding hydrogens is 458 g/mol. The van der Waals surface area contributed by atoms with Crippen LogP contribution in [0.25, 0.3) is 0 Å². The zero-order valence-corrected chi connectivity index (χ0v) is 23.9. The molecule has 0 radical (unpaired) electrons. The summed E-state index contributed by atoms with van der Waals surface area (Å²) in [5.74, 6) is -1.09. The highest BCUT2D eigenvalue weighted by Crippen LogP contribution is 2.38. The van der Waals surface area contributed by atoms with Gasteiger partial charge in [0, 0.05) is 6.10 Å². The lowest BCUT2D eigenvalue weighted by Gasteiger charge is -2.39. The van der Waals surface area contributed by atoms with E-state index in [1.165, 1.54) is 6.20 Å². The van der Waals surface area contributed by atoms with Crippen LogP contribution in [0.4, 0.5) is 0 Å². The van der Waals surface area contributed by atoms with E-state index in [4.69, 9.17) is 24.4 Å². The van der Waals surface area contributed by atoms with Crippen LogP contribution in [0.15, 0.2) is 54.8 Å². The fraction of sp³-hybridized carbons (Fsp3) is 0.607. The number of carbonyl (C=O) groups is 1. The maximum Gasteiger partial charge on any atom is 0.338 e. The highest BCUT2D eigenvalue weighted by atomic mass is 28.4. The number of rotatable bonds is 10. The van der Waals surface area contributed by atoms with Gasteiger partial charge in [-0.05, 0) is 75.7 Å². The zero-order chi connectivity index (χ0) is 26.4. The van der Waals surface area contributed by atoms with Gasteiger partial charge in [0.05, 0.1) is 11.7 Å². The number of ether oxygens (including phenoxy) is 3. The summed E-state index contributed by atoms with van der Waals surface area (Å²) in [6.45, 7) is 19.2. The average Bonchev–Trinajstić information content (AvgIpc) is 3.08. The molecule has 0 aliphatic carbocycles. The molecule has 2 rings (SSSR count). The Kier molecular flexibility index (Phi) is 9.93. The number of carbonyl (C=O) groups excluding carboxylic acids is 1. The van der Waals surface area contributed by atoms with Crippen molar-refractivity contribution in [3.05, 3.63) is 60.3 Å². The second kappa shape index (κ2) is 11.9. The number of esters is 1. The molecule has 1 heterocycles. The monoisotopic (exact) mass is 503 g/mol. The molecule has 1 saturated heterocycles. The summed E-state index contributed by atoms with van der Waals surface area (Å²) >= 11 is 0. The van der Waals surface area contributed by atoms with Crippen molar-refractivity contribution in [1.29, 1.82) is 0 Å². The van der Waals surface area contributed by atoms with E-state index in [2.05, 4.69) is 53.8 Å². The van der Waals surface area contributed by atoms with E-state index in [0.29, 0.717) is 12.0 Å². The summed E-state index contributed by atoms with van der Waals surface area (Å²) in [5.41, 5.74) is 6.07. The second-order valence-corrected chi connectivity index (χ2v) is 16.1. The molecule has 1 aliphatic heterocycles. The van der Waals surface area contributed by atoms with Gasteiger partial charge in [0.2, 0.25) is 0 Å². The third-order valence-corrected chi connectivity index (χ3v) is 11.5. The van der Waals surface area contributed by atoms with Crippen molar-refractivity contribution < 1.29 is 23.4 Å². The van der Waals surface area contributed by atoms with E-state index < -0.39 is 32.3 Å². The topological polar surface area (TPSA) is 80.0 Å². The van der Waals surface area contributed by atoms with Crippen LogP contribution in [-0.2, 0) is 18.6 Å². The van der Waals surface area contributed by atoms with Crippen LogP contribution < -0.4 is 5.73 Å². The molecule has 0 spiro atoms. The van der Waals surface area contributed by atoms with Crippen molar-refractivity contribution in [3.8, 4) is 0 Å². The highest BCUT2D eigenvalue weighted by Gasteiger charge is 2.45. The third-order valence-electron chi connectivity index (χ3n) is 6.93. The first-order valence-electron chi connectivity index (χ1n) is 12.5. The average molecular weight is 504 g/mol. The summed E-state index contributed by atoms with van der Waals surface area (Å²) in [6, 6.07) is 8.98. The molecule has 6 nitrogen and oxygen atoms in total. The lowest BCUT2D eigenvalue weighted by atomic mass is 10.0. The van der Waals surface area contributed by atoms with Gasteiger partial charge in [0.1, 0.15) is 12.2 Å². The van der Waals surface area contributed by atoms with Crippen molar-refractivity contribution >= 4 is 14.3 Å². The Morgan fingerprint density at radius 1 is 1.14 bits per heavy atom. The Balaban J connectivity index is 2.27. The quantitative estimate of drug-likeness (QED) is 0.233. The summed E-state index contributed by atoms with van der Waals surface area (Å²) < 4.78 is 24.9. The Morgan fingerprint density at radius 3 is 2.34 bits per heavy atom. The standard InChI is InChI=1S/C28H45NO5Si/c1-20(21(2)34-35(8,9)27(3,4)5)17-18-23(31-26(30)22-14-11-10-12-15-22)25-24(16-13-19-29)32-28(6,7)33-25/h10-15,17-21,23-25H,16,29H2,1-9H3/b18-17-,19-13+/t20-,21+,23+,24-,25?/m1/s1. The minimum Gasteiger partial charge on any atom is -0.452 e. The van der Waals surface area contributed by atoms with E-state index in [1.807, 2.05) is 44.2 Å². The lowest BCUT2D eigenvalue weighted by molar-refractivity contribution is -0.152. The van der Waals surface area contributed by atoms with Gasteiger partial charge in [-0.15, -0.1) is 0 Å². The molecule has 1 fully saturated rings. The van der Waals surface area contributed by atoms with E-state index in [0.717, 1.165) is 0 Å². The number of hydrogen-bond donors (Lipinski definition) is 1. The molecule has 1 unspecified atom stereocenters. The SMILES string of the molecule is C[C@H](/C=C\[C@H](OC(=O)c1ccccc1)C1OC(C)(C)O[C@@H]1C/C=C/N)[C@H](C)O[Si](C)(C)C(C)(C)C. The van der Waals surface area contributed by atoms with Crippen molar-refractivity contribution in [3.63, 3.8) is 0 Å². The summed E-state index contributed by atoms with van der Waals surface area (Å²) in [7, 11) is -1.91. The minimum atomic E-state index is -1.91. The van der Waals surface area contributed by atoms with Gasteiger partial charge >= 0.3 is 5.97 Å². The van der Waals surface area contributed by atoms with Crippen LogP contribution in [-0.4, -0.2) is 44.5 Å². The molecule has 0 bridgehead atoms. The van der Waals surface area contributed by atoms with Gasteiger partial charge in [-0.1, -0.05) is 58.0 Å². The predicted octanol–water partition coefficient (Wildman–Crippen LogP) is 6.20. The highest BCUT2D eigenvalue weighted by molar-refractivity contribution is 6.74. The Bertz CT molecular complexity index is 875. The molecular formula is C28H45NO5Si. The first kappa shape index (κ1) is 29.3. The summed E-state index contributed by atoms with van der Waals surface area (Å²) in [6.07, 6.45) is 6.46. The summed E-state index contributed by atoms with van der Waals surface area (Å²) in [4.78, 5) is 13.0. The van der Waals surface area contributed by atoms with Gasteiger partial charge in [0.25, 0.3) is 0 Å². The predicted molar refractivity (Wildman–Crippen MR) is 143 cm³/mol. The molecule has 0 saturated carbocycles. The third kappa shape index (κ3) is 8.31. The fourth-order valence-corrected chi connectivity index (χ4v) is 5.21. The van der Waals surface area contributed by atoms with Gasteiger partial charge in [-0.2, -0.15) is 0 Å². The second-order valence-electron chi connectivity index (χ2n) is 11.4. The van der Waals surface area contributed by atoms with Crippen molar-refractivity contribution in [1.82, 2.24) is 0 Å². The first-order valence-corrected chi connectivity index (χ1v) is 15.4. The van der Waals surface area contributed by atoms with Crippen LogP contribution >= 0.6 is 0 Å². The molecule has 196 valence electrons. The molecule has 1 aromatic carbocycles. The first-order chi connectivity index (χ1) is 16.2. The maximum atomic E-state index is 13.0. The molecule has 1 aromatic rings. The van der Waals surface area contributed by atoms with Crippen molar-refractivity contribution in [2.24, 2.45) is 11.7 Å². The molecule has 2 N–H and O–H groups in total. The van der Waals surface area contributed by atoms with Crippen LogP contribution in [0.2, 0.25) is 18.1 Å². The minimum absolute atomic E-state index is 0.0192. The molecule has 35 heavy (non-hydrogen) atoms. The van der Waals surface area contributed by atoms with Crippen LogP contribution in [0.5, 0.6) is 0 Å². The zero-order valence-electron chi connectivity index (χ0n) is 22.9. The maximum absolute atomic E-state index is 13.0. The Hall–Kier alpha value is -1.93. The largest absolute Gasteiger partial charge is 0.452 e. The van der Waals surface area contributed by atoms with Crippen LogP contribution in [0.1, 0.15) is 65.2 Å². The molecule has 5 atom stereocenters. The van der Waals surface area contributed by atoms with E-state index in [1.54, 1.807) is 12.1 Å². The molecule has 7 heteroatoms. The van der Waals surface area contributed by atoms with Crippen molar-refractivity contribution in [2.75, 3.05) is 0 Å². The molecule has 0 amide bonds. The normalized spacial score (nSPS) is 23.5. The van der Waals surface area contributed by atoms with E-state index in [9.17, 15) is 4.79 Å². The smallest absolute Gasteiger partial charge is 0.338 e. The van der Waals surface area contributed by atoms with Crippen LogP contribution in [0.3, 0.4) is 0 Å². The number of nitrogens with two attached hydrogens (primary N) is 1. The summed E-state index contributed by atoms with van der Waals surface area (Å²) in [5, 5.41) is 0.128. The van der Waals surface area contributed by atoms with Crippen LogP contribution in [0, 0.1) is 5.92 Å². The van der Waals surface area contributed by atoms with Gasteiger partial charge in [0.15, 0.2) is 14.1 Å². The molecule has 1 aliphatic rings. The fourth-order valence-electron chi connectivity index (χ4n) is 3.71. The number of benzene rings is 1.